The zero-order valence-corrected chi connectivity index (χ0v) is 16.3. The number of carboxylic acids is 1. The van der Waals surface area contributed by atoms with Gasteiger partial charge in [-0.2, -0.15) is 0 Å². The molecule has 1 aliphatic rings. The Kier molecular flexibility index (Phi) is 6.14. The van der Waals surface area contributed by atoms with Crippen molar-refractivity contribution in [3.05, 3.63) is 59.7 Å². The van der Waals surface area contributed by atoms with Crippen molar-refractivity contribution in [1.29, 1.82) is 0 Å². The Labute approximate surface area is 176 Å². The Hall–Kier alpha value is -2.86. The van der Waals surface area contributed by atoms with E-state index in [1.165, 1.54) is 0 Å². The van der Waals surface area contributed by atoms with Gasteiger partial charge in [0.05, 0.1) is 6.61 Å². The third kappa shape index (κ3) is 3.59. The van der Waals surface area contributed by atoms with Crippen LogP contribution in [0.25, 0.3) is 11.1 Å². The van der Waals surface area contributed by atoms with Crippen LogP contribution in [-0.2, 0) is 14.3 Å². The summed E-state index contributed by atoms with van der Waals surface area (Å²) in [4.78, 5) is 24.1. The minimum Gasteiger partial charge on any atom is -0.478 e. The van der Waals surface area contributed by atoms with Crippen LogP contribution in [0.3, 0.4) is 0 Å². The Balaban J connectivity index is 1.93. The van der Waals surface area contributed by atoms with Crippen LogP contribution < -0.4 is 5.73 Å². The molecule has 0 fully saturated rings. The van der Waals surface area contributed by atoms with Gasteiger partial charge in [0.25, 0.3) is 5.72 Å². The summed E-state index contributed by atoms with van der Waals surface area (Å²) in [5, 5.41) is 58.7. The zero-order chi connectivity index (χ0) is 23.0. The van der Waals surface area contributed by atoms with Gasteiger partial charge in [0.15, 0.2) is 0 Å². The highest BCUT2D eigenvalue weighted by Crippen LogP contribution is 2.44. The molecule has 10 heteroatoms. The first kappa shape index (κ1) is 22.8. The average Bonchev–Trinajstić information content (AvgIpc) is 3.09. The smallest absolute Gasteiger partial charge is 0.354 e. The molecule has 1 aliphatic carbocycles. The predicted molar refractivity (Wildman–Crippen MR) is 106 cm³/mol. The molecular weight excluding hydrogens is 410 g/mol. The lowest BCUT2D eigenvalue weighted by Crippen LogP contribution is -2.76. The number of aliphatic hydroxyl groups excluding tert-OH is 3. The zero-order valence-electron chi connectivity index (χ0n) is 16.3. The van der Waals surface area contributed by atoms with E-state index >= 15 is 0 Å². The number of aliphatic hydroxyl groups is 5. The van der Waals surface area contributed by atoms with Gasteiger partial charge in [0.1, 0.15) is 18.8 Å². The van der Waals surface area contributed by atoms with Crippen molar-refractivity contribution < 1.29 is 45.0 Å². The van der Waals surface area contributed by atoms with Crippen LogP contribution in [0.5, 0.6) is 0 Å². The number of carbonyl (C=O) groups excluding carboxylic acids is 1. The van der Waals surface area contributed by atoms with Gasteiger partial charge in [-0.3, -0.25) is 5.73 Å². The minimum absolute atomic E-state index is 0.382. The largest absolute Gasteiger partial charge is 0.478 e. The maximum Gasteiger partial charge on any atom is 0.354 e. The molecule has 0 spiro atoms. The normalized spacial score (nSPS) is 18.8. The van der Waals surface area contributed by atoms with Crippen molar-refractivity contribution in [2.75, 3.05) is 13.2 Å². The number of carboxylic acid groups (broad SMARTS) is 1. The first-order valence-electron chi connectivity index (χ1n) is 9.36. The summed E-state index contributed by atoms with van der Waals surface area (Å²) < 4.78 is 5.11. The molecule has 2 aromatic rings. The van der Waals surface area contributed by atoms with Crippen molar-refractivity contribution in [3.8, 4) is 11.1 Å². The highest BCUT2D eigenvalue weighted by Gasteiger charge is 2.65. The number of rotatable bonds is 8. The Morgan fingerprint density at radius 1 is 1.00 bits per heavy atom. The molecular formula is C21H23NO9. The second-order valence-corrected chi connectivity index (χ2v) is 7.36. The van der Waals surface area contributed by atoms with E-state index in [2.05, 4.69) is 0 Å². The molecule has 3 rings (SSSR count). The van der Waals surface area contributed by atoms with E-state index in [4.69, 9.17) is 15.6 Å². The number of esters is 1. The fourth-order valence-electron chi connectivity index (χ4n) is 3.75. The second-order valence-electron chi connectivity index (χ2n) is 7.36. The second kappa shape index (κ2) is 8.35. The van der Waals surface area contributed by atoms with E-state index in [0.29, 0.717) is 0 Å². The highest BCUT2D eigenvalue weighted by molar-refractivity contribution is 5.92. The molecule has 31 heavy (non-hydrogen) atoms. The molecule has 0 aliphatic heterocycles. The topological polar surface area (TPSA) is 191 Å². The molecule has 10 nitrogen and oxygen atoms in total. The standard InChI is InChI=1S/C21H23NO9/c22-21(30,18(26)27)20(29,17(25)16(24)9-23)19(28)31-10-15-13-7-3-1-5-11(13)12-6-2-4-8-14(12)15/h1-8,15-17,23-25,29-30H,9-10,22H2,(H,26,27)/t16-,17-,20-,21-/m1/s1. The van der Waals surface area contributed by atoms with E-state index in [1.807, 2.05) is 36.4 Å². The summed E-state index contributed by atoms with van der Waals surface area (Å²) in [5.74, 6) is -4.51. The fourth-order valence-corrected chi connectivity index (χ4v) is 3.75. The van der Waals surface area contributed by atoms with Crippen LogP contribution >= 0.6 is 0 Å². The van der Waals surface area contributed by atoms with Gasteiger partial charge in [0.2, 0.25) is 5.60 Å². The van der Waals surface area contributed by atoms with Crippen molar-refractivity contribution in [1.82, 2.24) is 0 Å². The fraction of sp³-hybridized carbons (Fsp3) is 0.333. The van der Waals surface area contributed by atoms with Crippen LogP contribution in [0.4, 0.5) is 0 Å². The van der Waals surface area contributed by atoms with E-state index in [0.717, 1.165) is 22.3 Å². The maximum absolute atomic E-state index is 12.7. The van der Waals surface area contributed by atoms with Crippen molar-refractivity contribution >= 4 is 11.9 Å². The van der Waals surface area contributed by atoms with Gasteiger partial charge in [-0.15, -0.1) is 0 Å². The molecule has 166 valence electrons. The molecule has 0 amide bonds. The van der Waals surface area contributed by atoms with Gasteiger partial charge in [-0.25, -0.2) is 9.59 Å². The number of ether oxygens (including phenoxy) is 1. The molecule has 0 bridgehead atoms. The van der Waals surface area contributed by atoms with Crippen molar-refractivity contribution in [3.63, 3.8) is 0 Å². The first-order valence-corrected chi connectivity index (χ1v) is 9.36. The van der Waals surface area contributed by atoms with Crippen LogP contribution in [-0.4, -0.2) is 79.3 Å². The molecule has 0 heterocycles. The van der Waals surface area contributed by atoms with Gasteiger partial charge < -0.3 is 35.4 Å². The quantitative estimate of drug-likeness (QED) is 0.191. The van der Waals surface area contributed by atoms with Gasteiger partial charge in [-0.1, -0.05) is 48.5 Å². The number of benzene rings is 2. The molecule has 4 atom stereocenters. The lowest BCUT2D eigenvalue weighted by atomic mass is 9.82. The number of hydrogen-bond donors (Lipinski definition) is 7. The summed E-state index contributed by atoms with van der Waals surface area (Å²) in [6.07, 6.45) is -4.86. The van der Waals surface area contributed by atoms with Crippen molar-refractivity contribution in [2.24, 2.45) is 5.73 Å². The lowest BCUT2D eigenvalue weighted by molar-refractivity contribution is -0.241. The summed E-state index contributed by atoms with van der Waals surface area (Å²) in [6, 6.07) is 14.7. The molecule has 0 saturated heterocycles. The number of fused-ring (bicyclic) bond motifs is 3. The number of nitrogens with two attached hydrogens (primary N) is 1. The lowest BCUT2D eigenvalue weighted by Gasteiger charge is -2.39. The summed E-state index contributed by atoms with van der Waals surface area (Å²) in [5.41, 5.74) is 1.26. The van der Waals surface area contributed by atoms with Crippen LogP contribution in [0.15, 0.2) is 48.5 Å². The van der Waals surface area contributed by atoms with E-state index in [1.54, 1.807) is 12.1 Å². The van der Waals surface area contributed by atoms with Gasteiger partial charge in [-0.05, 0) is 22.3 Å². The van der Waals surface area contributed by atoms with Gasteiger partial charge >= 0.3 is 11.9 Å². The number of hydrogen-bond acceptors (Lipinski definition) is 9. The summed E-state index contributed by atoms with van der Waals surface area (Å²) in [7, 11) is 0. The molecule has 0 radical (unpaired) electrons. The Morgan fingerprint density at radius 3 is 1.94 bits per heavy atom. The third-order valence-electron chi connectivity index (χ3n) is 5.54. The third-order valence-corrected chi connectivity index (χ3v) is 5.54. The number of carbonyl (C=O) groups is 2. The molecule has 0 saturated carbocycles. The Bertz CT molecular complexity index is 947. The number of aliphatic carboxylic acids is 1. The monoisotopic (exact) mass is 433 g/mol. The predicted octanol–water partition coefficient (Wildman–Crippen LogP) is -1.48. The summed E-state index contributed by atoms with van der Waals surface area (Å²) >= 11 is 0. The van der Waals surface area contributed by atoms with Crippen LogP contribution in [0.2, 0.25) is 0 Å². The molecule has 2 aromatic carbocycles. The van der Waals surface area contributed by atoms with E-state index in [9.17, 15) is 35.1 Å². The van der Waals surface area contributed by atoms with Crippen LogP contribution in [0, 0.1) is 0 Å². The van der Waals surface area contributed by atoms with E-state index in [-0.39, 0.29) is 6.61 Å². The van der Waals surface area contributed by atoms with E-state index < -0.39 is 48.0 Å². The minimum atomic E-state index is -3.73. The maximum atomic E-state index is 12.7. The van der Waals surface area contributed by atoms with Crippen molar-refractivity contribution in [2.45, 2.75) is 29.5 Å². The molecule has 8 N–H and O–H groups in total. The average molecular weight is 433 g/mol. The summed E-state index contributed by atoms with van der Waals surface area (Å²) in [6.45, 7) is -1.54. The van der Waals surface area contributed by atoms with Crippen LogP contribution in [0.1, 0.15) is 17.0 Å². The van der Waals surface area contributed by atoms with Gasteiger partial charge in [0, 0.05) is 5.92 Å². The Morgan fingerprint density at radius 2 is 1.48 bits per heavy atom. The highest BCUT2D eigenvalue weighted by atomic mass is 16.6. The first-order chi connectivity index (χ1) is 14.6. The molecule has 0 unspecified atom stereocenters. The SMILES string of the molecule is N[C@@](O)(C(=O)O)[C@](O)(C(=O)OCC1c2ccccc2-c2ccccc21)[C@H](O)[C@H](O)CO. The molecule has 0 aromatic heterocycles.